The summed E-state index contributed by atoms with van der Waals surface area (Å²) in [7, 11) is 2.88. The third-order valence-electron chi connectivity index (χ3n) is 5.81. The first kappa shape index (κ1) is 24.2. The molecule has 1 fully saturated rings. The molecule has 0 aromatic heterocycles. The lowest BCUT2D eigenvalue weighted by Crippen LogP contribution is -2.22. The van der Waals surface area contributed by atoms with Crippen LogP contribution in [0.25, 0.3) is 0 Å². The van der Waals surface area contributed by atoms with E-state index in [0.717, 1.165) is 12.8 Å². The Balaban J connectivity index is 1.43. The highest BCUT2D eigenvalue weighted by Gasteiger charge is 2.39. The van der Waals surface area contributed by atoms with E-state index in [1.807, 2.05) is 6.92 Å². The van der Waals surface area contributed by atoms with Crippen molar-refractivity contribution in [1.82, 2.24) is 0 Å². The summed E-state index contributed by atoms with van der Waals surface area (Å²) in [5.41, 5.74) is 0.751. The molecule has 2 aromatic rings. The van der Waals surface area contributed by atoms with Crippen LogP contribution in [0, 0.1) is 11.8 Å². The fraction of sp³-hybridized carbons (Fsp3) is 0.400. The normalized spacial score (nSPS) is 18.0. The number of anilines is 2. The molecule has 2 atom stereocenters. The molecular formula is C25H28N2O8. The Kier molecular flexibility index (Phi) is 7.28. The maximum absolute atomic E-state index is 12.9. The number of hydrogen-bond acceptors (Lipinski definition) is 8. The number of carbonyl (C=O) groups excluding carboxylic acids is 3. The van der Waals surface area contributed by atoms with E-state index < -0.39 is 18.5 Å². The number of esters is 1. The quantitative estimate of drug-likeness (QED) is 0.548. The molecule has 10 heteroatoms. The SMILES string of the molecule is COc1cc(NC(=O)C2CC2C)c(C(=O)OCC(=O)Nc2ccc3c(c2)OCCCO3)cc1OC. The van der Waals surface area contributed by atoms with Crippen LogP contribution in [-0.4, -0.2) is 51.8 Å². The van der Waals surface area contributed by atoms with Crippen molar-refractivity contribution in [2.24, 2.45) is 11.8 Å². The number of fused-ring (bicyclic) bond motifs is 1. The number of ether oxygens (including phenoxy) is 5. The lowest BCUT2D eigenvalue weighted by atomic mass is 10.1. The monoisotopic (exact) mass is 484 g/mol. The van der Waals surface area contributed by atoms with Crippen molar-refractivity contribution < 1.29 is 38.1 Å². The number of hydrogen-bond donors (Lipinski definition) is 2. The molecule has 1 heterocycles. The molecule has 0 radical (unpaired) electrons. The van der Waals surface area contributed by atoms with Gasteiger partial charge in [0.25, 0.3) is 5.91 Å². The van der Waals surface area contributed by atoms with Gasteiger partial charge in [-0.3, -0.25) is 9.59 Å². The van der Waals surface area contributed by atoms with Crippen LogP contribution in [-0.2, 0) is 14.3 Å². The van der Waals surface area contributed by atoms with Crippen molar-refractivity contribution in [1.29, 1.82) is 0 Å². The summed E-state index contributed by atoms with van der Waals surface area (Å²) >= 11 is 0. The fourth-order valence-corrected chi connectivity index (χ4v) is 3.71. The van der Waals surface area contributed by atoms with Crippen molar-refractivity contribution >= 4 is 29.2 Å². The molecule has 2 amide bonds. The number of benzene rings is 2. The van der Waals surface area contributed by atoms with E-state index >= 15 is 0 Å². The molecule has 4 rings (SSSR count). The Morgan fingerprint density at radius 2 is 1.66 bits per heavy atom. The zero-order chi connectivity index (χ0) is 24.9. The van der Waals surface area contributed by atoms with E-state index in [4.69, 9.17) is 23.7 Å². The van der Waals surface area contributed by atoms with E-state index in [1.54, 1.807) is 18.2 Å². The van der Waals surface area contributed by atoms with Crippen molar-refractivity contribution in [3.8, 4) is 23.0 Å². The van der Waals surface area contributed by atoms with E-state index in [2.05, 4.69) is 10.6 Å². The van der Waals surface area contributed by atoms with Crippen LogP contribution in [0.2, 0.25) is 0 Å². The topological polar surface area (TPSA) is 121 Å². The van der Waals surface area contributed by atoms with Crippen LogP contribution in [0.4, 0.5) is 11.4 Å². The number of rotatable bonds is 8. The predicted molar refractivity (Wildman–Crippen MR) is 126 cm³/mol. The molecule has 1 aliphatic heterocycles. The first-order valence-corrected chi connectivity index (χ1v) is 11.3. The van der Waals surface area contributed by atoms with Crippen LogP contribution in [0.3, 0.4) is 0 Å². The van der Waals surface area contributed by atoms with Gasteiger partial charge in [-0.05, 0) is 24.5 Å². The van der Waals surface area contributed by atoms with E-state index in [-0.39, 0.29) is 28.8 Å². The first-order chi connectivity index (χ1) is 16.9. The van der Waals surface area contributed by atoms with Gasteiger partial charge in [-0.1, -0.05) is 6.92 Å². The van der Waals surface area contributed by atoms with Gasteiger partial charge in [-0.2, -0.15) is 0 Å². The van der Waals surface area contributed by atoms with E-state index in [0.29, 0.717) is 42.1 Å². The van der Waals surface area contributed by atoms with Crippen LogP contribution < -0.4 is 29.6 Å². The lowest BCUT2D eigenvalue weighted by Gasteiger charge is -2.15. The third-order valence-corrected chi connectivity index (χ3v) is 5.81. The highest BCUT2D eigenvalue weighted by atomic mass is 16.5. The summed E-state index contributed by atoms with van der Waals surface area (Å²) in [6.45, 7) is 2.53. The molecule has 0 bridgehead atoms. The van der Waals surface area contributed by atoms with Crippen LogP contribution in [0.5, 0.6) is 23.0 Å². The molecule has 1 saturated carbocycles. The van der Waals surface area contributed by atoms with Crippen molar-refractivity contribution in [3.63, 3.8) is 0 Å². The zero-order valence-electron chi connectivity index (χ0n) is 19.8. The number of carbonyl (C=O) groups is 3. The second kappa shape index (κ2) is 10.5. The Hall–Kier alpha value is -3.95. The highest BCUT2D eigenvalue weighted by molar-refractivity contribution is 6.04. The summed E-state index contributed by atoms with van der Waals surface area (Å²) in [5, 5.41) is 5.44. The zero-order valence-corrected chi connectivity index (χ0v) is 19.8. The molecular weight excluding hydrogens is 456 g/mol. The van der Waals surface area contributed by atoms with Gasteiger partial charge in [-0.25, -0.2) is 4.79 Å². The van der Waals surface area contributed by atoms with Gasteiger partial charge >= 0.3 is 5.97 Å². The van der Waals surface area contributed by atoms with Crippen molar-refractivity contribution in [2.75, 3.05) is 44.7 Å². The second-order valence-electron chi connectivity index (χ2n) is 8.40. The van der Waals surface area contributed by atoms with Gasteiger partial charge in [0.15, 0.2) is 29.6 Å². The molecule has 2 unspecified atom stereocenters. The third kappa shape index (κ3) is 5.76. The predicted octanol–water partition coefficient (Wildman–Crippen LogP) is 3.26. The van der Waals surface area contributed by atoms with Gasteiger partial charge in [0.05, 0.1) is 38.7 Å². The molecule has 186 valence electrons. The summed E-state index contributed by atoms with van der Waals surface area (Å²) in [6, 6.07) is 7.95. The molecule has 10 nitrogen and oxygen atoms in total. The summed E-state index contributed by atoms with van der Waals surface area (Å²) in [5.74, 6) is 0.440. The Bertz CT molecular complexity index is 1130. The molecule has 0 spiro atoms. The van der Waals surface area contributed by atoms with Gasteiger partial charge in [0, 0.05) is 36.2 Å². The number of methoxy groups -OCH3 is 2. The largest absolute Gasteiger partial charge is 0.493 e. The molecule has 0 saturated heterocycles. The van der Waals surface area contributed by atoms with Gasteiger partial charge in [0.2, 0.25) is 5.91 Å². The number of amides is 2. The highest BCUT2D eigenvalue weighted by Crippen LogP contribution is 2.40. The van der Waals surface area contributed by atoms with E-state index in [1.165, 1.54) is 26.4 Å². The van der Waals surface area contributed by atoms with Crippen LogP contribution >= 0.6 is 0 Å². The maximum Gasteiger partial charge on any atom is 0.340 e. The number of nitrogens with one attached hydrogen (secondary N) is 2. The van der Waals surface area contributed by atoms with Crippen LogP contribution in [0.15, 0.2) is 30.3 Å². The molecule has 1 aliphatic carbocycles. The average molecular weight is 485 g/mol. The minimum absolute atomic E-state index is 0.0488. The molecule has 35 heavy (non-hydrogen) atoms. The minimum Gasteiger partial charge on any atom is -0.493 e. The van der Waals surface area contributed by atoms with Crippen molar-refractivity contribution in [3.05, 3.63) is 35.9 Å². The molecule has 2 N–H and O–H groups in total. The summed E-state index contributed by atoms with van der Waals surface area (Å²) in [6.07, 6.45) is 1.56. The van der Waals surface area contributed by atoms with Crippen LogP contribution in [0.1, 0.15) is 30.1 Å². The maximum atomic E-state index is 12.9. The summed E-state index contributed by atoms with van der Waals surface area (Å²) < 4.78 is 27.0. The molecule has 2 aromatic carbocycles. The Labute approximate surface area is 202 Å². The first-order valence-electron chi connectivity index (χ1n) is 11.3. The van der Waals surface area contributed by atoms with Gasteiger partial charge in [-0.15, -0.1) is 0 Å². The second-order valence-corrected chi connectivity index (χ2v) is 8.40. The fourth-order valence-electron chi connectivity index (χ4n) is 3.71. The lowest BCUT2D eigenvalue weighted by molar-refractivity contribution is -0.119. The Morgan fingerprint density at radius 1 is 0.971 bits per heavy atom. The standard InChI is InChI=1S/C25H28N2O8/c1-14-9-16(14)24(29)27-18-12-21(32-3)20(31-2)11-17(18)25(30)35-13-23(28)26-15-5-6-19-22(10-15)34-8-4-7-33-19/h5-6,10-12,14,16H,4,7-9,13H2,1-3H3,(H,26,28)(H,27,29). The van der Waals surface area contributed by atoms with E-state index in [9.17, 15) is 14.4 Å². The molecule has 2 aliphatic rings. The van der Waals surface area contributed by atoms with Crippen molar-refractivity contribution in [2.45, 2.75) is 19.8 Å². The Morgan fingerprint density at radius 3 is 2.34 bits per heavy atom. The average Bonchev–Trinajstić information content (AvgIpc) is 3.63. The van der Waals surface area contributed by atoms with Gasteiger partial charge in [0.1, 0.15) is 0 Å². The van der Waals surface area contributed by atoms with Gasteiger partial charge < -0.3 is 34.3 Å². The minimum atomic E-state index is -0.793. The summed E-state index contributed by atoms with van der Waals surface area (Å²) in [4.78, 5) is 37.8. The smallest absolute Gasteiger partial charge is 0.340 e.